The monoisotopic (exact) mass is 253 g/mol. The van der Waals surface area contributed by atoms with E-state index in [9.17, 15) is 14.9 Å². The van der Waals surface area contributed by atoms with Gasteiger partial charge in [-0.15, -0.1) is 11.8 Å². The van der Waals surface area contributed by atoms with Gasteiger partial charge in [-0.1, -0.05) is 12.1 Å². The van der Waals surface area contributed by atoms with Crippen molar-refractivity contribution in [3.63, 3.8) is 0 Å². The maximum Gasteiger partial charge on any atom is 0.292 e. The highest BCUT2D eigenvalue weighted by atomic mass is 32.2. The van der Waals surface area contributed by atoms with Gasteiger partial charge in [-0.2, -0.15) is 0 Å². The average molecular weight is 253 g/mol. The summed E-state index contributed by atoms with van der Waals surface area (Å²) >= 11 is 1.63. The maximum absolute atomic E-state index is 11.8. The molecule has 1 aliphatic heterocycles. The summed E-state index contributed by atoms with van der Waals surface area (Å²) in [5, 5.41) is 16.3. The van der Waals surface area contributed by atoms with Gasteiger partial charge in [0, 0.05) is 17.7 Å². The largest absolute Gasteiger partial charge is 0.319 e. The Balaban J connectivity index is 2.12. The summed E-state index contributed by atoms with van der Waals surface area (Å²) in [6, 6.07) is 5.83. The highest BCUT2D eigenvalue weighted by Crippen LogP contribution is 2.23. The van der Waals surface area contributed by atoms with Gasteiger partial charge in [0.1, 0.15) is 5.69 Å². The molecule has 1 amide bonds. The zero-order chi connectivity index (χ0) is 12.3. The molecule has 0 bridgehead atoms. The normalized spacial score (nSPS) is 18.9. The van der Waals surface area contributed by atoms with Gasteiger partial charge in [-0.25, -0.2) is 0 Å². The Morgan fingerprint density at radius 2 is 2.29 bits per heavy atom. The van der Waals surface area contributed by atoms with Crippen LogP contribution in [0.15, 0.2) is 24.3 Å². The highest BCUT2D eigenvalue weighted by molar-refractivity contribution is 7.99. The van der Waals surface area contributed by atoms with E-state index in [-0.39, 0.29) is 23.3 Å². The number of nitrogens with one attached hydrogen (secondary N) is 2. The number of rotatable bonds is 3. The molecule has 1 heterocycles. The number of nitrogens with zero attached hydrogens (tertiary/aromatic N) is 1. The van der Waals surface area contributed by atoms with Crippen LogP contribution in [0, 0.1) is 10.1 Å². The Morgan fingerprint density at radius 3 is 2.94 bits per heavy atom. The first-order valence-corrected chi connectivity index (χ1v) is 6.19. The Labute approximate surface area is 102 Å². The first-order valence-electron chi connectivity index (χ1n) is 5.04. The van der Waals surface area contributed by atoms with E-state index < -0.39 is 4.92 Å². The van der Waals surface area contributed by atoms with Crippen LogP contribution in [0.1, 0.15) is 0 Å². The summed E-state index contributed by atoms with van der Waals surface area (Å²) in [7, 11) is 0. The van der Waals surface area contributed by atoms with E-state index in [0.29, 0.717) is 5.75 Å². The molecule has 0 saturated carbocycles. The van der Waals surface area contributed by atoms with Gasteiger partial charge in [-0.05, 0) is 6.07 Å². The average Bonchev–Trinajstić information content (AvgIpc) is 2.83. The molecule has 2 N–H and O–H groups in total. The van der Waals surface area contributed by atoms with E-state index in [0.717, 1.165) is 5.88 Å². The van der Waals surface area contributed by atoms with Crippen molar-refractivity contribution in [2.24, 2.45) is 0 Å². The number of nitro benzene ring substituents is 1. The van der Waals surface area contributed by atoms with Gasteiger partial charge in [0.15, 0.2) is 0 Å². The number of para-hydroxylation sites is 2. The molecular weight excluding hydrogens is 242 g/mol. The SMILES string of the molecule is O=C(Nc1ccccc1[N+](=O)[O-])C1CSCN1. The molecule has 0 spiro atoms. The summed E-state index contributed by atoms with van der Waals surface area (Å²) < 4.78 is 0. The van der Waals surface area contributed by atoms with Gasteiger partial charge >= 0.3 is 0 Å². The Kier molecular flexibility index (Phi) is 3.60. The van der Waals surface area contributed by atoms with Gasteiger partial charge in [-0.3, -0.25) is 20.2 Å². The molecule has 90 valence electrons. The molecule has 0 aromatic heterocycles. The van der Waals surface area contributed by atoms with Crippen molar-refractivity contribution in [2.45, 2.75) is 6.04 Å². The quantitative estimate of drug-likeness (QED) is 0.624. The third-order valence-electron chi connectivity index (χ3n) is 2.39. The van der Waals surface area contributed by atoms with Crippen molar-refractivity contribution in [1.82, 2.24) is 5.32 Å². The van der Waals surface area contributed by atoms with Crippen molar-refractivity contribution in [3.8, 4) is 0 Å². The van der Waals surface area contributed by atoms with Crippen molar-refractivity contribution in [3.05, 3.63) is 34.4 Å². The van der Waals surface area contributed by atoms with Crippen molar-refractivity contribution >= 4 is 29.0 Å². The van der Waals surface area contributed by atoms with Crippen LogP contribution in [0.4, 0.5) is 11.4 Å². The number of thioether (sulfide) groups is 1. The van der Waals surface area contributed by atoms with Gasteiger partial charge in [0.25, 0.3) is 5.69 Å². The number of benzene rings is 1. The van der Waals surface area contributed by atoms with Crippen LogP contribution in [0.2, 0.25) is 0 Å². The van der Waals surface area contributed by atoms with E-state index in [1.54, 1.807) is 23.9 Å². The van der Waals surface area contributed by atoms with E-state index in [2.05, 4.69) is 10.6 Å². The van der Waals surface area contributed by atoms with E-state index in [4.69, 9.17) is 0 Å². The number of carbonyl (C=O) groups is 1. The minimum Gasteiger partial charge on any atom is -0.319 e. The lowest BCUT2D eigenvalue weighted by Crippen LogP contribution is -2.37. The van der Waals surface area contributed by atoms with Crippen LogP contribution in [-0.2, 0) is 4.79 Å². The maximum atomic E-state index is 11.8. The molecule has 2 rings (SSSR count). The first kappa shape index (κ1) is 11.9. The molecule has 1 atom stereocenters. The zero-order valence-corrected chi connectivity index (χ0v) is 9.70. The molecule has 0 radical (unpaired) electrons. The van der Waals surface area contributed by atoms with Crippen LogP contribution in [0.3, 0.4) is 0 Å². The Bertz CT molecular complexity index is 446. The molecule has 1 saturated heterocycles. The summed E-state index contributed by atoms with van der Waals surface area (Å²) in [4.78, 5) is 22.0. The van der Waals surface area contributed by atoms with E-state index in [1.165, 1.54) is 12.1 Å². The summed E-state index contributed by atoms with van der Waals surface area (Å²) in [5.74, 6) is 1.19. The fraction of sp³-hybridized carbons (Fsp3) is 0.300. The second kappa shape index (κ2) is 5.15. The van der Waals surface area contributed by atoms with Crippen LogP contribution >= 0.6 is 11.8 Å². The molecule has 1 aromatic carbocycles. The third-order valence-corrected chi connectivity index (χ3v) is 3.33. The number of carbonyl (C=O) groups excluding carboxylic acids is 1. The van der Waals surface area contributed by atoms with Crippen LogP contribution < -0.4 is 10.6 Å². The smallest absolute Gasteiger partial charge is 0.292 e. The summed E-state index contributed by atoms with van der Waals surface area (Å²) in [5.41, 5.74) is 0.146. The molecule has 0 aliphatic carbocycles. The minimum absolute atomic E-state index is 0.0912. The van der Waals surface area contributed by atoms with Crippen molar-refractivity contribution in [2.75, 3.05) is 16.9 Å². The van der Waals surface area contributed by atoms with Crippen LogP contribution in [0.25, 0.3) is 0 Å². The molecule has 6 nitrogen and oxygen atoms in total. The number of anilines is 1. The third kappa shape index (κ3) is 2.75. The highest BCUT2D eigenvalue weighted by Gasteiger charge is 2.24. The molecular formula is C10H11N3O3S. The molecule has 1 aromatic rings. The Hall–Kier alpha value is -1.60. The fourth-order valence-electron chi connectivity index (χ4n) is 1.52. The lowest BCUT2D eigenvalue weighted by Gasteiger charge is -2.10. The molecule has 1 fully saturated rings. The second-order valence-corrected chi connectivity index (χ2v) is 4.57. The lowest BCUT2D eigenvalue weighted by atomic mass is 10.2. The van der Waals surface area contributed by atoms with Crippen molar-refractivity contribution in [1.29, 1.82) is 0 Å². The van der Waals surface area contributed by atoms with Crippen LogP contribution in [0.5, 0.6) is 0 Å². The lowest BCUT2D eigenvalue weighted by molar-refractivity contribution is -0.383. The Morgan fingerprint density at radius 1 is 1.53 bits per heavy atom. The number of hydrogen-bond acceptors (Lipinski definition) is 5. The second-order valence-electron chi connectivity index (χ2n) is 3.54. The van der Waals surface area contributed by atoms with E-state index >= 15 is 0 Å². The number of amides is 1. The fourth-order valence-corrected chi connectivity index (χ4v) is 2.46. The molecule has 1 unspecified atom stereocenters. The van der Waals surface area contributed by atoms with Gasteiger partial charge in [0.05, 0.1) is 11.0 Å². The van der Waals surface area contributed by atoms with Gasteiger partial charge in [0.2, 0.25) is 5.91 Å². The number of nitro groups is 1. The molecule has 17 heavy (non-hydrogen) atoms. The molecule has 7 heteroatoms. The standard InChI is InChI=1S/C10H11N3O3S/c14-10(8-5-17-6-11-8)12-7-3-1-2-4-9(7)13(15)16/h1-4,8,11H,5-6H2,(H,12,14). The van der Waals surface area contributed by atoms with E-state index in [1.807, 2.05) is 0 Å². The summed E-state index contributed by atoms with van der Waals surface area (Å²) in [6.45, 7) is 0. The minimum atomic E-state index is -0.508. The molecule has 1 aliphatic rings. The predicted molar refractivity (Wildman–Crippen MR) is 66.0 cm³/mol. The van der Waals surface area contributed by atoms with Crippen LogP contribution in [-0.4, -0.2) is 28.5 Å². The topological polar surface area (TPSA) is 84.3 Å². The number of hydrogen-bond donors (Lipinski definition) is 2. The zero-order valence-electron chi connectivity index (χ0n) is 8.88. The predicted octanol–water partition coefficient (Wildman–Crippen LogP) is 1.20. The van der Waals surface area contributed by atoms with Crippen molar-refractivity contribution < 1.29 is 9.72 Å². The first-order chi connectivity index (χ1) is 8.18. The summed E-state index contributed by atoms with van der Waals surface area (Å²) in [6.07, 6.45) is 0. The van der Waals surface area contributed by atoms with Gasteiger partial charge < -0.3 is 5.32 Å².